The Kier molecular flexibility index (Phi) is 1.41. The average Bonchev–Trinajstić information content (AvgIpc) is 2.62. The molecule has 2 aromatic heterocycles. The second-order valence-electron chi connectivity index (χ2n) is 1.97. The number of hydrogen-bond donors (Lipinski definition) is 0. The first kappa shape index (κ1) is 6.09. The maximum atomic E-state index is 4.70. The van der Waals surface area contributed by atoms with Crippen LogP contribution in [0.2, 0.25) is 0 Å². The predicted molar refractivity (Wildman–Crippen MR) is 37.5 cm³/mol. The van der Waals surface area contributed by atoms with Crippen LogP contribution in [-0.2, 0) is 0 Å². The summed E-state index contributed by atoms with van der Waals surface area (Å²) in [7, 11) is 0. The van der Waals surface area contributed by atoms with Gasteiger partial charge in [-0.25, -0.2) is 0 Å². The molecule has 0 saturated carbocycles. The average molecular weight is 150 g/mol. The second kappa shape index (κ2) is 2.54. The van der Waals surface area contributed by atoms with E-state index in [9.17, 15) is 0 Å². The molecule has 0 fully saturated rings. The van der Waals surface area contributed by atoms with Crippen LogP contribution in [-0.4, -0.2) is 0 Å². The Hall–Kier alpha value is -1.64. The van der Waals surface area contributed by atoms with Crippen LogP contribution in [0.3, 0.4) is 0 Å². The molecule has 0 amide bonds. The molecular formula is C8H6O3. The molecule has 0 aliphatic carbocycles. The minimum atomic E-state index is 0.676. The number of furan rings is 2. The van der Waals surface area contributed by atoms with Crippen LogP contribution in [0.25, 0.3) is 0 Å². The number of rotatable bonds is 0. The number of fused-ring (bicyclic) bond motifs is 1. The largest absolute Gasteiger partial charge is 0.473 e. The summed E-state index contributed by atoms with van der Waals surface area (Å²) < 4.78 is 14.0. The van der Waals surface area contributed by atoms with Crippen LogP contribution in [0.5, 0.6) is 11.7 Å². The number of hydrogen-bond acceptors (Lipinski definition) is 3. The third-order valence-corrected chi connectivity index (χ3v) is 1.18. The van der Waals surface area contributed by atoms with Crippen molar-refractivity contribution in [2.45, 2.75) is 0 Å². The third kappa shape index (κ3) is 1.43. The highest BCUT2D eigenvalue weighted by Crippen LogP contribution is 2.45. The summed E-state index contributed by atoms with van der Waals surface area (Å²) in [6, 6.07) is 5.45. The van der Waals surface area contributed by atoms with E-state index in [1.165, 1.54) is 0 Å². The summed E-state index contributed by atoms with van der Waals surface area (Å²) in [5.74, 6) is 1.56. The molecule has 11 heavy (non-hydrogen) atoms. The fourth-order valence-electron chi connectivity index (χ4n) is 0.643. The SMILES string of the molecule is c1cc2c(o1)O2.c1ccoc1. The van der Waals surface area contributed by atoms with E-state index in [0.29, 0.717) is 5.95 Å². The maximum Gasteiger partial charge on any atom is 0.335 e. The summed E-state index contributed by atoms with van der Waals surface area (Å²) in [5.41, 5.74) is 0. The summed E-state index contributed by atoms with van der Waals surface area (Å²) in [5, 5.41) is 0. The third-order valence-electron chi connectivity index (χ3n) is 1.18. The smallest absolute Gasteiger partial charge is 0.335 e. The van der Waals surface area contributed by atoms with Crippen molar-refractivity contribution in [3.63, 3.8) is 0 Å². The summed E-state index contributed by atoms with van der Waals surface area (Å²) in [6.45, 7) is 0. The Morgan fingerprint density at radius 1 is 1.00 bits per heavy atom. The first-order valence-corrected chi connectivity index (χ1v) is 3.19. The molecule has 3 heterocycles. The van der Waals surface area contributed by atoms with Crippen LogP contribution in [0.4, 0.5) is 0 Å². The fourth-order valence-corrected chi connectivity index (χ4v) is 0.643. The van der Waals surface area contributed by atoms with E-state index in [0.717, 1.165) is 5.75 Å². The fraction of sp³-hybridized carbons (Fsp3) is 0. The summed E-state index contributed by atoms with van der Waals surface area (Å²) in [4.78, 5) is 0. The molecule has 0 saturated heterocycles. The zero-order valence-corrected chi connectivity index (χ0v) is 5.69. The van der Waals surface area contributed by atoms with E-state index in [4.69, 9.17) is 4.42 Å². The van der Waals surface area contributed by atoms with E-state index < -0.39 is 0 Å². The van der Waals surface area contributed by atoms with E-state index in [-0.39, 0.29) is 0 Å². The van der Waals surface area contributed by atoms with E-state index in [2.05, 4.69) is 9.15 Å². The highest BCUT2D eigenvalue weighted by atomic mass is 16.7. The maximum absolute atomic E-state index is 4.70. The van der Waals surface area contributed by atoms with Crippen molar-refractivity contribution in [1.29, 1.82) is 0 Å². The minimum absolute atomic E-state index is 0.676. The summed E-state index contributed by atoms with van der Waals surface area (Å²) >= 11 is 0. The lowest BCUT2D eigenvalue weighted by Crippen LogP contribution is -1.45. The molecule has 0 N–H and O–H groups in total. The van der Waals surface area contributed by atoms with Gasteiger partial charge in [0.1, 0.15) is 0 Å². The Morgan fingerprint density at radius 2 is 1.82 bits per heavy atom. The Labute approximate surface area is 63.2 Å². The minimum Gasteiger partial charge on any atom is -0.473 e. The molecule has 1 aliphatic heterocycles. The lowest BCUT2D eigenvalue weighted by atomic mass is 10.7. The van der Waals surface area contributed by atoms with Crippen molar-refractivity contribution in [2.24, 2.45) is 0 Å². The van der Waals surface area contributed by atoms with Crippen molar-refractivity contribution in [2.75, 3.05) is 0 Å². The highest BCUT2D eigenvalue weighted by molar-refractivity contribution is 5.45. The Morgan fingerprint density at radius 3 is 2.00 bits per heavy atom. The van der Waals surface area contributed by atoms with Gasteiger partial charge >= 0.3 is 5.95 Å². The lowest BCUT2D eigenvalue weighted by molar-refractivity contribution is 0.451. The molecule has 0 unspecified atom stereocenters. The molecule has 3 heteroatoms. The van der Waals surface area contributed by atoms with Gasteiger partial charge < -0.3 is 13.6 Å². The van der Waals surface area contributed by atoms with Crippen LogP contribution in [0.1, 0.15) is 0 Å². The highest BCUT2D eigenvalue weighted by Gasteiger charge is 2.23. The van der Waals surface area contributed by atoms with Crippen molar-refractivity contribution in [3.05, 3.63) is 37.0 Å². The molecule has 2 aromatic rings. The van der Waals surface area contributed by atoms with Crippen LogP contribution < -0.4 is 4.74 Å². The van der Waals surface area contributed by atoms with Gasteiger partial charge in [-0.15, -0.1) is 0 Å². The van der Waals surface area contributed by atoms with Gasteiger partial charge in [-0.2, -0.15) is 0 Å². The van der Waals surface area contributed by atoms with Gasteiger partial charge in [0.25, 0.3) is 0 Å². The van der Waals surface area contributed by atoms with Gasteiger partial charge in [-0.3, -0.25) is 0 Å². The van der Waals surface area contributed by atoms with Crippen molar-refractivity contribution < 1.29 is 13.6 Å². The van der Waals surface area contributed by atoms with Gasteiger partial charge in [0.2, 0.25) is 5.75 Å². The molecule has 0 atom stereocenters. The van der Waals surface area contributed by atoms with Crippen LogP contribution >= 0.6 is 0 Å². The monoisotopic (exact) mass is 150 g/mol. The molecule has 56 valence electrons. The first-order valence-electron chi connectivity index (χ1n) is 3.19. The lowest BCUT2D eigenvalue weighted by Gasteiger charge is -1.63. The molecular weight excluding hydrogens is 144 g/mol. The zero-order chi connectivity index (χ0) is 7.52. The first-order chi connectivity index (χ1) is 5.47. The van der Waals surface area contributed by atoms with Gasteiger partial charge in [0.05, 0.1) is 18.8 Å². The molecule has 0 aromatic carbocycles. The predicted octanol–water partition coefficient (Wildman–Crippen LogP) is 2.66. The molecule has 0 radical (unpaired) electrons. The van der Waals surface area contributed by atoms with Crippen molar-refractivity contribution >= 4 is 0 Å². The van der Waals surface area contributed by atoms with Crippen molar-refractivity contribution in [1.82, 2.24) is 0 Å². The van der Waals surface area contributed by atoms with Gasteiger partial charge in [0.15, 0.2) is 0 Å². The van der Waals surface area contributed by atoms with Crippen LogP contribution in [0, 0.1) is 0 Å². The van der Waals surface area contributed by atoms with Gasteiger partial charge in [-0.1, -0.05) is 0 Å². The standard InChI is InChI=1S/C4H2O2.C4H4O/c1-2-5-4-3(1)6-4;1-2-4-5-3-1/h1-2H;1-4H. The normalized spacial score (nSPS) is 10.5. The van der Waals surface area contributed by atoms with Gasteiger partial charge in [-0.05, 0) is 12.1 Å². The van der Waals surface area contributed by atoms with Crippen molar-refractivity contribution in [3.8, 4) is 11.7 Å². The molecule has 1 aliphatic rings. The number of ether oxygens (including phenoxy) is 1. The molecule has 0 spiro atoms. The Bertz CT molecular complexity index is 274. The molecule has 3 nitrogen and oxygen atoms in total. The quantitative estimate of drug-likeness (QED) is 0.462. The second-order valence-corrected chi connectivity index (χ2v) is 1.97. The van der Waals surface area contributed by atoms with Gasteiger partial charge in [0, 0.05) is 6.07 Å². The topological polar surface area (TPSA) is 38.8 Å². The molecule has 0 bridgehead atoms. The van der Waals surface area contributed by atoms with E-state index in [1.807, 2.05) is 12.1 Å². The van der Waals surface area contributed by atoms with E-state index in [1.54, 1.807) is 24.9 Å². The Balaban J connectivity index is 0.0000000893. The summed E-state index contributed by atoms with van der Waals surface area (Å²) in [6.07, 6.45) is 4.86. The van der Waals surface area contributed by atoms with Crippen LogP contribution in [0.15, 0.2) is 45.8 Å². The van der Waals surface area contributed by atoms with E-state index >= 15 is 0 Å². The molecule has 3 rings (SSSR count). The zero-order valence-electron chi connectivity index (χ0n) is 5.69.